The van der Waals surface area contributed by atoms with Gasteiger partial charge in [0.05, 0.1) is 6.04 Å². The first kappa shape index (κ1) is 18.6. The predicted octanol–water partition coefficient (Wildman–Crippen LogP) is 5.02. The molecule has 0 aliphatic carbocycles. The lowest BCUT2D eigenvalue weighted by Crippen LogP contribution is -2.27. The quantitative estimate of drug-likeness (QED) is 0.635. The van der Waals surface area contributed by atoms with E-state index in [2.05, 4.69) is 5.32 Å². The number of hydrogen-bond acceptors (Lipinski definition) is 3. The molecule has 0 spiro atoms. The maximum Gasteiger partial charge on any atom is 0.287 e. The Bertz CT molecular complexity index is 909. The van der Waals surface area contributed by atoms with Gasteiger partial charge in [-0.25, -0.2) is 8.78 Å². The van der Waals surface area contributed by atoms with Crippen LogP contribution in [-0.4, -0.2) is 5.91 Å². The molecule has 3 rings (SSSR count). The summed E-state index contributed by atoms with van der Waals surface area (Å²) in [6, 6.07) is 15.7. The maximum atomic E-state index is 13.6. The van der Waals surface area contributed by atoms with Gasteiger partial charge in [0, 0.05) is 6.07 Å². The van der Waals surface area contributed by atoms with Crippen LogP contribution in [0.4, 0.5) is 8.78 Å². The van der Waals surface area contributed by atoms with Crippen LogP contribution in [0.25, 0.3) is 0 Å². The van der Waals surface area contributed by atoms with Crippen LogP contribution >= 0.6 is 0 Å². The fraction of sp³-hybridized carbons (Fsp3) is 0.190. The molecule has 0 aliphatic rings. The highest BCUT2D eigenvalue weighted by Crippen LogP contribution is 2.21. The minimum Gasteiger partial charge on any atom is -0.483 e. The van der Waals surface area contributed by atoms with Crippen molar-refractivity contribution in [3.8, 4) is 5.75 Å². The van der Waals surface area contributed by atoms with Gasteiger partial charge in [-0.2, -0.15) is 0 Å². The smallest absolute Gasteiger partial charge is 0.287 e. The number of rotatable bonds is 7. The van der Waals surface area contributed by atoms with E-state index in [1.54, 1.807) is 6.07 Å². The number of halogens is 2. The van der Waals surface area contributed by atoms with Crippen LogP contribution in [-0.2, 0) is 6.61 Å². The minimum absolute atomic E-state index is 0.0777. The van der Waals surface area contributed by atoms with Gasteiger partial charge in [-0.05, 0) is 36.2 Å². The summed E-state index contributed by atoms with van der Waals surface area (Å²) in [5.74, 6) is -1.41. The van der Waals surface area contributed by atoms with Gasteiger partial charge in [0.2, 0.25) is 0 Å². The summed E-state index contributed by atoms with van der Waals surface area (Å²) in [6.45, 7) is 1.91. The van der Waals surface area contributed by atoms with E-state index < -0.39 is 11.6 Å². The molecule has 0 radical (unpaired) electrons. The van der Waals surface area contributed by atoms with Crippen molar-refractivity contribution in [2.75, 3.05) is 0 Å². The molecule has 0 saturated carbocycles. The number of nitrogens with one attached hydrogen (secondary N) is 1. The number of benzene rings is 2. The van der Waals surface area contributed by atoms with Crippen LogP contribution in [0, 0.1) is 11.6 Å². The molecule has 3 aromatic rings. The van der Waals surface area contributed by atoms with E-state index in [9.17, 15) is 13.6 Å². The molecule has 140 valence electrons. The van der Waals surface area contributed by atoms with Gasteiger partial charge in [0.25, 0.3) is 5.91 Å². The molecular formula is C21H19F2NO3. The molecule has 1 amide bonds. The largest absolute Gasteiger partial charge is 0.483 e. The van der Waals surface area contributed by atoms with Gasteiger partial charge in [-0.1, -0.05) is 37.3 Å². The van der Waals surface area contributed by atoms with Crippen molar-refractivity contribution in [2.24, 2.45) is 0 Å². The first-order chi connectivity index (χ1) is 13.1. The average Bonchev–Trinajstić information content (AvgIpc) is 3.15. The van der Waals surface area contributed by atoms with E-state index in [1.807, 2.05) is 37.3 Å². The fourth-order valence-corrected chi connectivity index (χ4v) is 2.65. The van der Waals surface area contributed by atoms with E-state index in [0.29, 0.717) is 5.76 Å². The van der Waals surface area contributed by atoms with Gasteiger partial charge >= 0.3 is 0 Å². The first-order valence-corrected chi connectivity index (χ1v) is 8.59. The summed E-state index contributed by atoms with van der Waals surface area (Å²) < 4.78 is 37.2. The Hall–Kier alpha value is -3.15. The van der Waals surface area contributed by atoms with E-state index >= 15 is 0 Å². The summed E-state index contributed by atoms with van der Waals surface area (Å²) >= 11 is 0. The zero-order chi connectivity index (χ0) is 19.2. The van der Waals surface area contributed by atoms with Crippen molar-refractivity contribution in [2.45, 2.75) is 26.0 Å². The topological polar surface area (TPSA) is 51.5 Å². The van der Waals surface area contributed by atoms with Gasteiger partial charge in [0.15, 0.2) is 17.3 Å². The SMILES string of the molecule is CCC(NC(=O)c1ccc(COc2ccc(F)cc2F)o1)c1ccccc1. The van der Waals surface area contributed by atoms with Crippen LogP contribution in [0.3, 0.4) is 0 Å². The van der Waals surface area contributed by atoms with E-state index in [-0.39, 0.29) is 30.1 Å². The van der Waals surface area contributed by atoms with Crippen LogP contribution in [0.15, 0.2) is 65.1 Å². The predicted molar refractivity (Wildman–Crippen MR) is 96.3 cm³/mol. The number of amides is 1. The van der Waals surface area contributed by atoms with Gasteiger partial charge in [0.1, 0.15) is 18.2 Å². The van der Waals surface area contributed by atoms with Gasteiger partial charge in [-0.15, -0.1) is 0 Å². The van der Waals surface area contributed by atoms with Crippen molar-refractivity contribution in [1.29, 1.82) is 0 Å². The summed E-state index contributed by atoms with van der Waals surface area (Å²) in [5, 5.41) is 2.93. The van der Waals surface area contributed by atoms with Crippen molar-refractivity contribution in [1.82, 2.24) is 5.32 Å². The minimum atomic E-state index is -0.798. The monoisotopic (exact) mass is 371 g/mol. The zero-order valence-corrected chi connectivity index (χ0v) is 14.7. The average molecular weight is 371 g/mol. The Kier molecular flexibility index (Phi) is 5.86. The summed E-state index contributed by atoms with van der Waals surface area (Å²) in [5.41, 5.74) is 1.01. The highest BCUT2D eigenvalue weighted by atomic mass is 19.1. The number of furan rings is 1. The number of ether oxygens (including phenoxy) is 1. The maximum absolute atomic E-state index is 13.6. The van der Waals surface area contributed by atoms with E-state index in [0.717, 1.165) is 24.1 Å². The van der Waals surface area contributed by atoms with Gasteiger partial charge in [-0.3, -0.25) is 4.79 Å². The van der Waals surface area contributed by atoms with Crippen LogP contribution in [0.2, 0.25) is 0 Å². The van der Waals surface area contributed by atoms with Crippen LogP contribution in [0.1, 0.15) is 41.3 Å². The second-order valence-electron chi connectivity index (χ2n) is 5.97. The van der Waals surface area contributed by atoms with Crippen molar-refractivity contribution >= 4 is 5.91 Å². The first-order valence-electron chi connectivity index (χ1n) is 8.59. The normalized spacial score (nSPS) is 11.8. The molecule has 1 atom stereocenters. The molecule has 0 bridgehead atoms. The number of carbonyl (C=O) groups excluding carboxylic acids is 1. The molecule has 0 fully saturated rings. The number of carbonyl (C=O) groups is 1. The van der Waals surface area contributed by atoms with Crippen LogP contribution in [0.5, 0.6) is 5.75 Å². The molecule has 2 aromatic carbocycles. The van der Waals surface area contributed by atoms with Crippen LogP contribution < -0.4 is 10.1 Å². The fourth-order valence-electron chi connectivity index (χ4n) is 2.65. The Morgan fingerprint density at radius 2 is 1.89 bits per heavy atom. The Labute approximate surface area is 155 Å². The molecule has 1 aromatic heterocycles. The van der Waals surface area contributed by atoms with E-state index in [4.69, 9.17) is 9.15 Å². The lowest BCUT2D eigenvalue weighted by Gasteiger charge is -2.16. The lowest BCUT2D eigenvalue weighted by atomic mass is 10.0. The molecule has 6 heteroatoms. The Morgan fingerprint density at radius 3 is 2.59 bits per heavy atom. The third kappa shape index (κ3) is 4.73. The van der Waals surface area contributed by atoms with Crippen molar-refractivity contribution in [3.05, 3.63) is 89.4 Å². The van der Waals surface area contributed by atoms with Gasteiger partial charge < -0.3 is 14.5 Å². The summed E-state index contributed by atoms with van der Waals surface area (Å²) in [6.07, 6.45) is 0.732. The molecular weight excluding hydrogens is 352 g/mol. The number of hydrogen-bond donors (Lipinski definition) is 1. The van der Waals surface area contributed by atoms with Crippen molar-refractivity contribution < 1.29 is 22.7 Å². The highest BCUT2D eigenvalue weighted by molar-refractivity contribution is 5.91. The molecule has 1 heterocycles. The van der Waals surface area contributed by atoms with E-state index in [1.165, 1.54) is 12.1 Å². The second kappa shape index (κ2) is 8.49. The third-order valence-corrected chi connectivity index (χ3v) is 4.06. The van der Waals surface area contributed by atoms with Crippen molar-refractivity contribution in [3.63, 3.8) is 0 Å². The molecule has 4 nitrogen and oxygen atoms in total. The summed E-state index contributed by atoms with van der Waals surface area (Å²) in [4.78, 5) is 12.4. The standard InChI is InChI=1S/C21H19F2NO3/c1-2-18(14-6-4-3-5-7-14)24-21(25)20-11-9-16(27-20)13-26-19-10-8-15(22)12-17(19)23/h3-12,18H,2,13H2,1H3,(H,24,25). The lowest BCUT2D eigenvalue weighted by molar-refractivity contribution is 0.0903. The second-order valence-corrected chi connectivity index (χ2v) is 5.97. The molecule has 1 N–H and O–H groups in total. The third-order valence-electron chi connectivity index (χ3n) is 4.06. The highest BCUT2D eigenvalue weighted by Gasteiger charge is 2.17. The zero-order valence-electron chi connectivity index (χ0n) is 14.7. The summed E-state index contributed by atoms with van der Waals surface area (Å²) in [7, 11) is 0. The molecule has 1 unspecified atom stereocenters. The Morgan fingerprint density at radius 1 is 1.11 bits per heavy atom. The molecule has 27 heavy (non-hydrogen) atoms. The Balaban J connectivity index is 1.61. The molecule has 0 aliphatic heterocycles. The molecule has 0 saturated heterocycles.